The molecule has 1 heterocycles. The van der Waals surface area contributed by atoms with Gasteiger partial charge >= 0.3 is 0 Å². The number of aromatic nitrogens is 2. The normalized spacial score (nSPS) is 12.9. The summed E-state index contributed by atoms with van der Waals surface area (Å²) in [4.78, 5) is 18.6. The molecule has 0 aliphatic carbocycles. The first-order valence-corrected chi connectivity index (χ1v) is 7.45. The van der Waals surface area contributed by atoms with Gasteiger partial charge in [0.25, 0.3) is 5.56 Å². The summed E-state index contributed by atoms with van der Waals surface area (Å²) in [6.07, 6.45) is 4.56. The Labute approximate surface area is 122 Å². The first kappa shape index (κ1) is 16.7. The van der Waals surface area contributed by atoms with Crippen LogP contribution in [0.25, 0.3) is 0 Å². The summed E-state index contributed by atoms with van der Waals surface area (Å²) in [6.45, 7) is 10.9. The molecule has 1 atom stereocenters. The minimum absolute atomic E-state index is 0.0348. The largest absolute Gasteiger partial charge is 0.364 e. The van der Waals surface area contributed by atoms with Crippen LogP contribution in [0.3, 0.4) is 0 Å². The van der Waals surface area contributed by atoms with Gasteiger partial charge in [-0.1, -0.05) is 20.8 Å². The molecule has 0 radical (unpaired) electrons. The lowest BCUT2D eigenvalue weighted by molar-refractivity contribution is 0.261. The molecule has 114 valence electrons. The molecule has 0 saturated heterocycles. The Hall–Kier alpha value is -1.36. The summed E-state index contributed by atoms with van der Waals surface area (Å²) in [5.74, 6) is 0.894. The highest BCUT2D eigenvalue weighted by atomic mass is 16.1. The van der Waals surface area contributed by atoms with E-state index in [1.54, 1.807) is 17.0 Å². The van der Waals surface area contributed by atoms with Crippen LogP contribution in [0.4, 0.5) is 5.82 Å². The van der Waals surface area contributed by atoms with Gasteiger partial charge in [-0.25, -0.2) is 4.98 Å². The second kappa shape index (κ2) is 8.04. The third kappa shape index (κ3) is 4.96. The first-order chi connectivity index (χ1) is 9.45. The van der Waals surface area contributed by atoms with E-state index in [9.17, 15) is 4.79 Å². The molecule has 0 amide bonds. The highest BCUT2D eigenvalue weighted by molar-refractivity contribution is 5.30. The monoisotopic (exact) mass is 280 g/mol. The molecule has 1 aromatic heterocycles. The lowest BCUT2D eigenvalue weighted by atomic mass is 10.2. The van der Waals surface area contributed by atoms with Crippen LogP contribution in [0.15, 0.2) is 17.2 Å². The second-order valence-corrected chi connectivity index (χ2v) is 5.79. The number of nitrogens with zero attached hydrogens (tertiary/aromatic N) is 3. The van der Waals surface area contributed by atoms with Crippen molar-refractivity contribution in [3.05, 3.63) is 22.7 Å². The van der Waals surface area contributed by atoms with Gasteiger partial charge in [-0.3, -0.25) is 4.79 Å². The molecule has 0 fully saturated rings. The van der Waals surface area contributed by atoms with Gasteiger partial charge in [0, 0.05) is 38.1 Å². The molecule has 1 aromatic rings. The van der Waals surface area contributed by atoms with Crippen LogP contribution in [-0.2, 0) is 6.54 Å². The van der Waals surface area contributed by atoms with Gasteiger partial charge in [-0.15, -0.1) is 0 Å². The molecule has 0 saturated carbocycles. The molecule has 0 spiro atoms. The van der Waals surface area contributed by atoms with E-state index in [1.807, 2.05) is 0 Å². The van der Waals surface area contributed by atoms with Gasteiger partial charge in [0.2, 0.25) is 0 Å². The summed E-state index contributed by atoms with van der Waals surface area (Å²) in [5.41, 5.74) is -0.0348. The fraction of sp³-hybridized carbons (Fsp3) is 0.733. The van der Waals surface area contributed by atoms with Crippen LogP contribution < -0.4 is 10.9 Å². The average molecular weight is 280 g/mol. The van der Waals surface area contributed by atoms with Crippen molar-refractivity contribution in [3.63, 3.8) is 0 Å². The SMILES string of the molecule is CCC(C)N(C)CCNc1nccn(CC(C)C)c1=O. The molecule has 5 heteroatoms. The summed E-state index contributed by atoms with van der Waals surface area (Å²) in [5, 5.41) is 3.15. The Morgan fingerprint density at radius 2 is 2.10 bits per heavy atom. The Morgan fingerprint density at radius 3 is 2.70 bits per heavy atom. The maximum Gasteiger partial charge on any atom is 0.293 e. The Balaban J connectivity index is 2.58. The predicted molar refractivity (Wildman–Crippen MR) is 84.2 cm³/mol. The zero-order valence-electron chi connectivity index (χ0n) is 13.4. The van der Waals surface area contributed by atoms with E-state index in [-0.39, 0.29) is 5.56 Å². The van der Waals surface area contributed by atoms with E-state index in [0.717, 1.165) is 26.1 Å². The molecule has 1 unspecified atom stereocenters. The minimum Gasteiger partial charge on any atom is -0.364 e. The van der Waals surface area contributed by atoms with Crippen LogP contribution >= 0.6 is 0 Å². The third-order valence-corrected chi connectivity index (χ3v) is 3.58. The highest BCUT2D eigenvalue weighted by Crippen LogP contribution is 2.01. The Kier molecular flexibility index (Phi) is 6.71. The van der Waals surface area contributed by atoms with E-state index in [4.69, 9.17) is 0 Å². The summed E-state index contributed by atoms with van der Waals surface area (Å²) >= 11 is 0. The van der Waals surface area contributed by atoms with E-state index in [2.05, 4.69) is 49.9 Å². The number of rotatable bonds is 8. The van der Waals surface area contributed by atoms with Gasteiger partial charge in [0.05, 0.1) is 0 Å². The molecule has 1 rings (SSSR count). The van der Waals surface area contributed by atoms with Crippen LogP contribution in [0, 0.1) is 5.92 Å². The fourth-order valence-corrected chi connectivity index (χ4v) is 1.99. The standard InChI is InChI=1S/C15H28N4O/c1-6-13(4)18(5)9-7-16-14-15(20)19(10-8-17-14)11-12(2)3/h8,10,12-13H,6-7,9,11H2,1-5H3,(H,16,17). The number of hydrogen-bond acceptors (Lipinski definition) is 4. The molecule has 0 aliphatic heterocycles. The van der Waals surface area contributed by atoms with Crippen molar-refractivity contribution >= 4 is 5.82 Å². The Morgan fingerprint density at radius 1 is 1.40 bits per heavy atom. The van der Waals surface area contributed by atoms with Gasteiger partial charge in [-0.2, -0.15) is 0 Å². The Bertz CT molecular complexity index is 455. The molecule has 1 N–H and O–H groups in total. The number of anilines is 1. The van der Waals surface area contributed by atoms with Crippen LogP contribution in [-0.4, -0.2) is 40.6 Å². The molecular weight excluding hydrogens is 252 g/mol. The van der Waals surface area contributed by atoms with Crippen molar-refractivity contribution < 1.29 is 0 Å². The molecule has 0 aromatic carbocycles. The van der Waals surface area contributed by atoms with Gasteiger partial charge in [0.1, 0.15) is 0 Å². The molecule has 0 aliphatic rings. The van der Waals surface area contributed by atoms with Crippen molar-refractivity contribution in [1.82, 2.24) is 14.5 Å². The molecule has 0 bridgehead atoms. The van der Waals surface area contributed by atoms with E-state index < -0.39 is 0 Å². The van der Waals surface area contributed by atoms with E-state index >= 15 is 0 Å². The van der Waals surface area contributed by atoms with Crippen LogP contribution in [0.5, 0.6) is 0 Å². The predicted octanol–water partition coefficient (Wildman–Crippen LogP) is 2.04. The second-order valence-electron chi connectivity index (χ2n) is 5.79. The first-order valence-electron chi connectivity index (χ1n) is 7.45. The van der Waals surface area contributed by atoms with Gasteiger partial charge < -0.3 is 14.8 Å². The lowest BCUT2D eigenvalue weighted by Crippen LogP contribution is -2.34. The zero-order valence-corrected chi connectivity index (χ0v) is 13.4. The molecule has 5 nitrogen and oxygen atoms in total. The quantitative estimate of drug-likeness (QED) is 0.792. The van der Waals surface area contributed by atoms with Crippen molar-refractivity contribution in [2.75, 3.05) is 25.5 Å². The van der Waals surface area contributed by atoms with Crippen LogP contribution in [0.1, 0.15) is 34.1 Å². The maximum atomic E-state index is 12.2. The van der Waals surface area contributed by atoms with Crippen molar-refractivity contribution in [2.45, 2.75) is 46.7 Å². The van der Waals surface area contributed by atoms with Crippen molar-refractivity contribution in [3.8, 4) is 0 Å². The van der Waals surface area contributed by atoms with E-state index in [0.29, 0.717) is 17.8 Å². The number of nitrogens with one attached hydrogen (secondary N) is 1. The van der Waals surface area contributed by atoms with Crippen molar-refractivity contribution in [2.24, 2.45) is 5.92 Å². The van der Waals surface area contributed by atoms with Gasteiger partial charge in [0.15, 0.2) is 5.82 Å². The third-order valence-electron chi connectivity index (χ3n) is 3.58. The zero-order chi connectivity index (χ0) is 15.1. The molecule has 20 heavy (non-hydrogen) atoms. The number of likely N-dealkylation sites (N-methyl/N-ethyl adjacent to an activating group) is 1. The van der Waals surface area contributed by atoms with Crippen molar-refractivity contribution in [1.29, 1.82) is 0 Å². The van der Waals surface area contributed by atoms with Crippen LogP contribution in [0.2, 0.25) is 0 Å². The summed E-state index contributed by atoms with van der Waals surface area (Å²) in [7, 11) is 2.10. The van der Waals surface area contributed by atoms with Gasteiger partial charge in [-0.05, 0) is 26.3 Å². The average Bonchev–Trinajstić information content (AvgIpc) is 2.41. The smallest absolute Gasteiger partial charge is 0.293 e. The maximum absolute atomic E-state index is 12.2. The summed E-state index contributed by atoms with van der Waals surface area (Å²) < 4.78 is 1.72. The number of hydrogen-bond donors (Lipinski definition) is 1. The minimum atomic E-state index is -0.0348. The molecular formula is C15H28N4O. The lowest BCUT2D eigenvalue weighted by Gasteiger charge is -2.23. The summed E-state index contributed by atoms with van der Waals surface area (Å²) in [6, 6.07) is 0.554. The highest BCUT2D eigenvalue weighted by Gasteiger charge is 2.08. The fourth-order valence-electron chi connectivity index (χ4n) is 1.99. The topological polar surface area (TPSA) is 50.2 Å². The van der Waals surface area contributed by atoms with E-state index in [1.165, 1.54) is 0 Å².